The van der Waals surface area contributed by atoms with Crippen LogP contribution in [-0.4, -0.2) is 25.8 Å². The van der Waals surface area contributed by atoms with Crippen LogP contribution in [0, 0.1) is 17.2 Å². The quantitative estimate of drug-likeness (QED) is 0.614. The Hall–Kier alpha value is -0.590. The summed E-state index contributed by atoms with van der Waals surface area (Å²) in [6, 6.07) is 2.49. The summed E-state index contributed by atoms with van der Waals surface area (Å²) < 4.78 is 5.72. The molecule has 0 aromatic carbocycles. The van der Waals surface area contributed by atoms with Gasteiger partial charge in [-0.2, -0.15) is 5.26 Å². The zero-order valence-corrected chi connectivity index (χ0v) is 12.7. The number of nitriles is 1. The highest BCUT2D eigenvalue weighted by Gasteiger charge is 2.41. The summed E-state index contributed by atoms with van der Waals surface area (Å²) in [5, 5.41) is 12.6. The topological polar surface area (TPSA) is 45.0 Å². The molecule has 1 aliphatic rings. The number of nitrogens with one attached hydrogen (secondary N) is 1. The van der Waals surface area contributed by atoms with Crippen LogP contribution < -0.4 is 5.32 Å². The van der Waals surface area contributed by atoms with E-state index in [1.54, 1.807) is 0 Å². The van der Waals surface area contributed by atoms with Gasteiger partial charge in [0.15, 0.2) is 0 Å². The van der Waals surface area contributed by atoms with E-state index in [0.717, 1.165) is 38.9 Å². The molecule has 0 heterocycles. The summed E-state index contributed by atoms with van der Waals surface area (Å²) in [5.74, 6) is 0.461. The van der Waals surface area contributed by atoms with Gasteiger partial charge in [-0.3, -0.25) is 0 Å². The summed E-state index contributed by atoms with van der Waals surface area (Å²) in [5.41, 5.74) is -0.287. The molecule has 0 amide bonds. The smallest absolute Gasteiger partial charge is 0.109 e. The molecule has 0 bridgehead atoms. The summed E-state index contributed by atoms with van der Waals surface area (Å²) in [6.07, 6.45) is 10.8. The van der Waals surface area contributed by atoms with Crippen molar-refractivity contribution < 1.29 is 4.74 Å². The molecule has 1 N–H and O–H groups in total. The average molecular weight is 266 g/mol. The van der Waals surface area contributed by atoms with Crippen molar-refractivity contribution in [2.24, 2.45) is 5.92 Å². The molecular formula is C16H30N2O. The van der Waals surface area contributed by atoms with Crippen molar-refractivity contribution in [3.63, 3.8) is 0 Å². The van der Waals surface area contributed by atoms with Crippen LogP contribution in [0.1, 0.15) is 64.7 Å². The number of ether oxygens (including phenoxy) is 1. The van der Waals surface area contributed by atoms with E-state index in [0.29, 0.717) is 5.92 Å². The van der Waals surface area contributed by atoms with E-state index >= 15 is 0 Å². The number of hydrogen-bond donors (Lipinski definition) is 1. The minimum absolute atomic E-state index is 0.287. The molecule has 0 saturated heterocycles. The molecular weight excluding hydrogens is 236 g/mol. The molecule has 0 spiro atoms. The number of hydrogen-bond acceptors (Lipinski definition) is 3. The van der Waals surface area contributed by atoms with Crippen molar-refractivity contribution in [2.75, 3.05) is 20.3 Å². The third-order valence-corrected chi connectivity index (χ3v) is 4.47. The molecule has 0 radical (unpaired) electrons. The second-order valence-electron chi connectivity index (χ2n) is 5.74. The highest BCUT2D eigenvalue weighted by Crippen LogP contribution is 2.37. The van der Waals surface area contributed by atoms with Gasteiger partial charge in [0.25, 0.3) is 0 Å². The fraction of sp³-hybridized carbons (Fsp3) is 0.938. The van der Waals surface area contributed by atoms with E-state index < -0.39 is 0 Å². The van der Waals surface area contributed by atoms with E-state index in [1.807, 2.05) is 7.05 Å². The first-order valence-electron chi connectivity index (χ1n) is 7.97. The van der Waals surface area contributed by atoms with Gasteiger partial charge in [0, 0.05) is 13.2 Å². The molecule has 0 aliphatic heterocycles. The Morgan fingerprint density at radius 3 is 2.74 bits per heavy atom. The van der Waals surface area contributed by atoms with Gasteiger partial charge in [0.1, 0.15) is 5.54 Å². The van der Waals surface area contributed by atoms with Crippen LogP contribution in [-0.2, 0) is 4.74 Å². The van der Waals surface area contributed by atoms with Crippen LogP contribution >= 0.6 is 0 Å². The van der Waals surface area contributed by atoms with E-state index in [9.17, 15) is 5.26 Å². The molecule has 1 fully saturated rings. The second kappa shape index (κ2) is 9.34. The van der Waals surface area contributed by atoms with Crippen LogP contribution in [0.25, 0.3) is 0 Å². The van der Waals surface area contributed by atoms with Gasteiger partial charge in [-0.25, -0.2) is 0 Å². The lowest BCUT2D eigenvalue weighted by atomic mass is 9.86. The summed E-state index contributed by atoms with van der Waals surface area (Å²) in [4.78, 5) is 0. The van der Waals surface area contributed by atoms with Gasteiger partial charge in [0.2, 0.25) is 0 Å². The Balaban J connectivity index is 2.08. The zero-order chi connectivity index (χ0) is 14.0. The molecule has 2 atom stereocenters. The molecule has 2 unspecified atom stereocenters. The first kappa shape index (κ1) is 16.5. The van der Waals surface area contributed by atoms with Gasteiger partial charge in [-0.1, -0.05) is 39.0 Å². The van der Waals surface area contributed by atoms with E-state index in [2.05, 4.69) is 18.3 Å². The Morgan fingerprint density at radius 1 is 1.26 bits per heavy atom. The molecule has 1 rings (SSSR count). The van der Waals surface area contributed by atoms with Crippen molar-refractivity contribution in [3.8, 4) is 6.07 Å². The maximum atomic E-state index is 9.36. The van der Waals surface area contributed by atoms with Crippen LogP contribution in [0.4, 0.5) is 0 Å². The number of rotatable bonds is 10. The van der Waals surface area contributed by atoms with Crippen LogP contribution in [0.5, 0.6) is 0 Å². The van der Waals surface area contributed by atoms with Crippen molar-refractivity contribution in [1.29, 1.82) is 5.26 Å². The van der Waals surface area contributed by atoms with Crippen molar-refractivity contribution >= 4 is 0 Å². The summed E-state index contributed by atoms with van der Waals surface area (Å²) in [7, 11) is 1.91. The average Bonchev–Trinajstić information content (AvgIpc) is 2.85. The van der Waals surface area contributed by atoms with E-state index in [-0.39, 0.29) is 5.54 Å². The maximum Gasteiger partial charge on any atom is 0.109 e. The zero-order valence-electron chi connectivity index (χ0n) is 12.7. The monoisotopic (exact) mass is 266 g/mol. The Bertz CT molecular complexity index is 274. The standard InChI is InChI=1S/C16H30N2O/c1-3-4-5-6-7-12-19-13-10-15-9-8-11-16(15,14-17)18-2/h15,18H,3-13H2,1-2H3. The molecule has 3 nitrogen and oxygen atoms in total. The lowest BCUT2D eigenvalue weighted by molar-refractivity contribution is 0.109. The first-order chi connectivity index (χ1) is 9.29. The molecule has 0 aromatic rings. The van der Waals surface area contributed by atoms with Gasteiger partial charge < -0.3 is 10.1 Å². The van der Waals surface area contributed by atoms with Crippen molar-refractivity contribution in [3.05, 3.63) is 0 Å². The Labute approximate surface area is 118 Å². The SMILES string of the molecule is CCCCCCCOCCC1CCCC1(C#N)NC. The largest absolute Gasteiger partial charge is 0.381 e. The molecule has 1 saturated carbocycles. The summed E-state index contributed by atoms with van der Waals surface area (Å²) >= 11 is 0. The summed E-state index contributed by atoms with van der Waals surface area (Å²) in [6.45, 7) is 3.93. The molecule has 0 aromatic heterocycles. The normalized spacial score (nSPS) is 26.5. The van der Waals surface area contributed by atoms with Crippen LogP contribution in [0.3, 0.4) is 0 Å². The minimum Gasteiger partial charge on any atom is -0.381 e. The van der Waals surface area contributed by atoms with Gasteiger partial charge >= 0.3 is 0 Å². The minimum atomic E-state index is -0.287. The van der Waals surface area contributed by atoms with Crippen molar-refractivity contribution in [1.82, 2.24) is 5.32 Å². The molecule has 1 aliphatic carbocycles. The van der Waals surface area contributed by atoms with Gasteiger partial charge in [-0.05, 0) is 38.6 Å². The van der Waals surface area contributed by atoms with Crippen molar-refractivity contribution in [2.45, 2.75) is 70.3 Å². The fourth-order valence-corrected chi connectivity index (χ4v) is 3.14. The number of nitrogens with zero attached hydrogens (tertiary/aromatic N) is 1. The second-order valence-corrected chi connectivity index (χ2v) is 5.74. The number of unbranched alkanes of at least 4 members (excludes halogenated alkanes) is 4. The highest BCUT2D eigenvalue weighted by atomic mass is 16.5. The van der Waals surface area contributed by atoms with Gasteiger partial charge in [-0.15, -0.1) is 0 Å². The Kier molecular flexibility index (Phi) is 8.09. The molecule has 110 valence electrons. The third-order valence-electron chi connectivity index (χ3n) is 4.47. The fourth-order valence-electron chi connectivity index (χ4n) is 3.14. The van der Waals surface area contributed by atoms with Crippen LogP contribution in [0.15, 0.2) is 0 Å². The highest BCUT2D eigenvalue weighted by molar-refractivity contribution is 5.13. The first-order valence-corrected chi connectivity index (χ1v) is 7.97. The molecule has 19 heavy (non-hydrogen) atoms. The van der Waals surface area contributed by atoms with E-state index in [1.165, 1.54) is 32.1 Å². The third kappa shape index (κ3) is 5.12. The van der Waals surface area contributed by atoms with Crippen LogP contribution in [0.2, 0.25) is 0 Å². The van der Waals surface area contributed by atoms with E-state index in [4.69, 9.17) is 4.74 Å². The Morgan fingerprint density at radius 2 is 2.05 bits per heavy atom. The molecule has 3 heteroatoms. The predicted octanol–water partition coefficient (Wildman–Crippen LogP) is 3.65. The predicted molar refractivity (Wildman–Crippen MR) is 78.9 cm³/mol. The lowest BCUT2D eigenvalue weighted by Crippen LogP contribution is -2.45. The van der Waals surface area contributed by atoms with Gasteiger partial charge in [0.05, 0.1) is 6.07 Å². The lowest BCUT2D eigenvalue weighted by Gasteiger charge is -2.28. The maximum absolute atomic E-state index is 9.36.